The number of rotatable bonds is 2. The molecule has 7 heteroatoms. The van der Waals surface area contributed by atoms with E-state index in [1.807, 2.05) is 0 Å². The third kappa shape index (κ3) is 3.19. The van der Waals surface area contributed by atoms with E-state index in [2.05, 4.69) is 0 Å². The molecule has 2 atom stereocenters. The molecule has 0 fully saturated rings. The van der Waals surface area contributed by atoms with Gasteiger partial charge in [0.1, 0.15) is 12.5 Å². The number of hydrogen-bond donors (Lipinski definition) is 2. The Bertz CT molecular complexity index is 182. The molecule has 0 rings (SSSR count). The lowest BCUT2D eigenvalue weighted by Gasteiger charge is -2.28. The highest BCUT2D eigenvalue weighted by molar-refractivity contribution is 5.82. The Morgan fingerprint density at radius 3 is 1.62 bits per heavy atom. The summed E-state index contributed by atoms with van der Waals surface area (Å²) < 4.78 is 35.4. The number of halogens is 3. The van der Waals surface area contributed by atoms with E-state index in [-0.39, 0.29) is 4.90 Å². The Morgan fingerprint density at radius 2 is 1.54 bits per heavy atom. The van der Waals surface area contributed by atoms with E-state index in [4.69, 9.17) is 10.2 Å². The van der Waals surface area contributed by atoms with Crippen LogP contribution >= 0.6 is 0 Å². The molecule has 0 aliphatic rings. The summed E-state index contributed by atoms with van der Waals surface area (Å²) in [5.41, 5.74) is 0. The minimum Gasteiger partial charge on any atom is -0.374 e. The molecule has 4 nitrogen and oxygen atoms in total. The second-order valence-electron chi connectivity index (χ2n) is 2.47. The lowest BCUT2D eigenvalue weighted by atomic mass is 10.4. The predicted octanol–water partition coefficient (Wildman–Crippen LogP) is 0.0539. The summed E-state index contributed by atoms with van der Waals surface area (Å²) in [6, 6.07) is 0. The van der Waals surface area contributed by atoms with Gasteiger partial charge in [-0.15, -0.1) is 0 Å². The SMILES string of the molecule is CC(O)N(C(=O)C(F)(F)F)C(C)O. The molecular weight excluding hydrogens is 191 g/mol. The van der Waals surface area contributed by atoms with Crippen LogP contribution in [0.5, 0.6) is 0 Å². The summed E-state index contributed by atoms with van der Waals surface area (Å²) in [4.78, 5) is 10.5. The van der Waals surface area contributed by atoms with Gasteiger partial charge in [-0.2, -0.15) is 13.2 Å². The predicted molar refractivity (Wildman–Crippen MR) is 36.3 cm³/mol. The van der Waals surface area contributed by atoms with Crippen molar-refractivity contribution in [2.45, 2.75) is 32.5 Å². The summed E-state index contributed by atoms with van der Waals surface area (Å²) in [5, 5.41) is 17.5. The molecule has 0 bridgehead atoms. The van der Waals surface area contributed by atoms with Gasteiger partial charge in [0.15, 0.2) is 0 Å². The Hall–Kier alpha value is -0.820. The van der Waals surface area contributed by atoms with Gasteiger partial charge >= 0.3 is 12.1 Å². The summed E-state index contributed by atoms with van der Waals surface area (Å²) in [6.07, 6.45) is -8.46. The molecule has 0 aromatic carbocycles. The summed E-state index contributed by atoms with van der Waals surface area (Å²) in [7, 11) is 0. The molecule has 0 heterocycles. The molecule has 2 N–H and O–H groups in total. The van der Waals surface area contributed by atoms with E-state index in [1.54, 1.807) is 0 Å². The first-order valence-electron chi connectivity index (χ1n) is 3.43. The Morgan fingerprint density at radius 1 is 1.23 bits per heavy atom. The van der Waals surface area contributed by atoms with Crippen LogP contribution in [0.3, 0.4) is 0 Å². The first kappa shape index (κ1) is 12.2. The van der Waals surface area contributed by atoms with Crippen molar-refractivity contribution in [3.05, 3.63) is 0 Å². The molecule has 0 saturated carbocycles. The quantitative estimate of drug-likeness (QED) is 0.621. The van der Waals surface area contributed by atoms with Crippen LogP contribution in [0.2, 0.25) is 0 Å². The standard InChI is InChI=1S/C6H10F3NO3/c1-3(11)10(4(2)12)5(13)6(7,8)9/h3-4,11-12H,1-2H3. The van der Waals surface area contributed by atoms with Crippen molar-refractivity contribution in [3.8, 4) is 0 Å². The highest BCUT2D eigenvalue weighted by Gasteiger charge is 2.45. The van der Waals surface area contributed by atoms with Crippen LogP contribution in [-0.4, -0.2) is 39.7 Å². The summed E-state index contributed by atoms with van der Waals surface area (Å²) in [5.74, 6) is -2.27. The van der Waals surface area contributed by atoms with E-state index < -0.39 is 24.5 Å². The third-order valence-corrected chi connectivity index (χ3v) is 1.28. The fourth-order valence-electron chi connectivity index (χ4n) is 0.798. The summed E-state index contributed by atoms with van der Waals surface area (Å²) in [6.45, 7) is 1.91. The number of aliphatic hydroxyl groups is 2. The zero-order valence-electron chi connectivity index (χ0n) is 7.04. The van der Waals surface area contributed by atoms with Crippen molar-refractivity contribution in [2.24, 2.45) is 0 Å². The average Bonchev–Trinajstić information content (AvgIpc) is 1.82. The van der Waals surface area contributed by atoms with Gasteiger partial charge in [-0.25, -0.2) is 0 Å². The van der Waals surface area contributed by atoms with Crippen molar-refractivity contribution in [3.63, 3.8) is 0 Å². The Kier molecular flexibility index (Phi) is 3.68. The first-order chi connectivity index (χ1) is 5.68. The minimum atomic E-state index is -5.09. The normalized spacial score (nSPS) is 16.5. The third-order valence-electron chi connectivity index (χ3n) is 1.28. The number of alkyl halides is 3. The van der Waals surface area contributed by atoms with Gasteiger partial charge in [-0.1, -0.05) is 0 Å². The van der Waals surface area contributed by atoms with Gasteiger partial charge in [0.25, 0.3) is 0 Å². The van der Waals surface area contributed by atoms with Crippen molar-refractivity contribution >= 4 is 5.91 Å². The van der Waals surface area contributed by atoms with Gasteiger partial charge < -0.3 is 10.2 Å². The van der Waals surface area contributed by atoms with Gasteiger partial charge in [0.05, 0.1) is 0 Å². The highest BCUT2D eigenvalue weighted by atomic mass is 19.4. The molecule has 2 unspecified atom stereocenters. The zero-order chi connectivity index (χ0) is 10.8. The average molecular weight is 201 g/mol. The first-order valence-corrected chi connectivity index (χ1v) is 3.43. The number of carbonyl (C=O) groups is 1. The molecule has 0 aromatic heterocycles. The van der Waals surface area contributed by atoms with E-state index >= 15 is 0 Å². The topological polar surface area (TPSA) is 60.8 Å². The van der Waals surface area contributed by atoms with Gasteiger partial charge in [-0.3, -0.25) is 9.69 Å². The second kappa shape index (κ2) is 3.93. The molecule has 1 amide bonds. The Balaban J connectivity index is 4.68. The van der Waals surface area contributed by atoms with Crippen molar-refractivity contribution in [1.29, 1.82) is 0 Å². The number of hydrogen-bond acceptors (Lipinski definition) is 3. The molecule has 13 heavy (non-hydrogen) atoms. The van der Waals surface area contributed by atoms with Crippen molar-refractivity contribution < 1.29 is 28.2 Å². The molecule has 0 spiro atoms. The lowest BCUT2D eigenvalue weighted by Crippen LogP contribution is -2.50. The second-order valence-corrected chi connectivity index (χ2v) is 2.47. The van der Waals surface area contributed by atoms with E-state index in [0.717, 1.165) is 13.8 Å². The molecule has 0 aliphatic carbocycles. The van der Waals surface area contributed by atoms with Crippen LogP contribution in [-0.2, 0) is 4.79 Å². The van der Waals surface area contributed by atoms with Crippen LogP contribution in [0.15, 0.2) is 0 Å². The van der Waals surface area contributed by atoms with Crippen LogP contribution in [0.25, 0.3) is 0 Å². The smallest absolute Gasteiger partial charge is 0.374 e. The van der Waals surface area contributed by atoms with Gasteiger partial charge in [0, 0.05) is 0 Å². The maximum Gasteiger partial charge on any atom is 0.471 e. The fourth-order valence-corrected chi connectivity index (χ4v) is 0.798. The largest absolute Gasteiger partial charge is 0.471 e. The maximum absolute atomic E-state index is 11.8. The Labute approximate surface area is 72.6 Å². The molecule has 0 radical (unpaired) electrons. The van der Waals surface area contributed by atoms with Crippen LogP contribution < -0.4 is 0 Å². The highest BCUT2D eigenvalue weighted by Crippen LogP contribution is 2.20. The van der Waals surface area contributed by atoms with Crippen LogP contribution in [0.4, 0.5) is 13.2 Å². The zero-order valence-corrected chi connectivity index (χ0v) is 7.04. The molecule has 78 valence electrons. The summed E-state index contributed by atoms with van der Waals surface area (Å²) >= 11 is 0. The molecule has 0 aliphatic heterocycles. The molecular formula is C6H10F3NO3. The van der Waals surface area contributed by atoms with Crippen LogP contribution in [0.1, 0.15) is 13.8 Å². The van der Waals surface area contributed by atoms with Crippen molar-refractivity contribution in [1.82, 2.24) is 4.90 Å². The lowest BCUT2D eigenvalue weighted by molar-refractivity contribution is -0.206. The van der Waals surface area contributed by atoms with Crippen LogP contribution in [0, 0.1) is 0 Å². The monoisotopic (exact) mass is 201 g/mol. The fraction of sp³-hybridized carbons (Fsp3) is 0.833. The number of aliphatic hydroxyl groups excluding tert-OH is 2. The van der Waals surface area contributed by atoms with Gasteiger partial charge in [0.2, 0.25) is 0 Å². The minimum absolute atomic E-state index is 0.0694. The van der Waals surface area contributed by atoms with E-state index in [0.29, 0.717) is 0 Å². The number of nitrogens with zero attached hydrogens (tertiary/aromatic N) is 1. The van der Waals surface area contributed by atoms with Crippen molar-refractivity contribution in [2.75, 3.05) is 0 Å². The number of amides is 1. The van der Waals surface area contributed by atoms with E-state index in [9.17, 15) is 18.0 Å². The van der Waals surface area contributed by atoms with Gasteiger partial charge in [-0.05, 0) is 13.8 Å². The maximum atomic E-state index is 11.8. The molecule has 0 aromatic rings. The number of carbonyl (C=O) groups excluding carboxylic acids is 1. The van der Waals surface area contributed by atoms with E-state index in [1.165, 1.54) is 0 Å². The molecule has 0 saturated heterocycles.